The van der Waals surface area contributed by atoms with E-state index < -0.39 is 7.12 Å². The number of hydrogen-bond acceptors (Lipinski definition) is 12. The molecule has 0 fully saturated rings. The summed E-state index contributed by atoms with van der Waals surface area (Å²) in [6.07, 6.45) is 0. The van der Waals surface area contributed by atoms with E-state index in [1.807, 2.05) is 51.4 Å². The van der Waals surface area contributed by atoms with Crippen molar-refractivity contribution in [3.8, 4) is 81.5 Å². The lowest BCUT2D eigenvalue weighted by molar-refractivity contribution is 0.427. The highest BCUT2D eigenvalue weighted by Gasteiger charge is 2.25. The Balaban J connectivity index is 0.739. The molecule has 0 saturated carbocycles. The minimum atomic E-state index is -1.51. The summed E-state index contributed by atoms with van der Waals surface area (Å²) in [6.45, 7) is 0. The maximum absolute atomic E-state index is 10.1. The molecule has 0 spiro atoms. The van der Waals surface area contributed by atoms with Gasteiger partial charge in [0.2, 0.25) is 0 Å². The molecule has 0 aliphatic heterocycles. The predicted molar refractivity (Wildman–Crippen MR) is 446 cm³/mol. The van der Waals surface area contributed by atoms with Gasteiger partial charge in [-0.1, -0.05) is 152 Å². The third kappa shape index (κ3) is 13.9. The first-order valence-electron chi connectivity index (χ1n) is 33.9. The molecule has 11 aromatic carbocycles. The van der Waals surface area contributed by atoms with Crippen molar-refractivity contribution in [2.75, 3.05) is 19.6 Å². The van der Waals surface area contributed by atoms with Crippen molar-refractivity contribution in [2.45, 2.75) is 0 Å². The minimum Gasteiger partial charge on any atom is -0.423 e. The number of thiophene rings is 6. The Morgan fingerprint density at radius 2 is 0.340 bits per heavy atom. The molecule has 0 atom stereocenters. The van der Waals surface area contributed by atoms with E-state index in [4.69, 9.17) is 0 Å². The molecule has 0 aliphatic rings. The Kier molecular flexibility index (Phi) is 18.6. The lowest BCUT2D eigenvalue weighted by Crippen LogP contribution is -2.26. The molecule has 0 saturated heterocycles. The van der Waals surface area contributed by atoms with E-state index in [2.05, 4.69) is 378 Å². The molecule has 0 bridgehead atoms. The van der Waals surface area contributed by atoms with Crippen molar-refractivity contribution in [3.05, 3.63) is 370 Å². The molecule has 0 unspecified atom stereocenters. The summed E-state index contributed by atoms with van der Waals surface area (Å²) < 4.78 is 0.523. The molecule has 2 N–H and O–H groups in total. The van der Waals surface area contributed by atoms with Crippen LogP contribution in [0.25, 0.3) is 81.5 Å². The van der Waals surface area contributed by atoms with E-state index in [-0.39, 0.29) is 0 Å². The van der Waals surface area contributed by atoms with Gasteiger partial charge in [0.15, 0.2) is 0 Å². The Morgan fingerprint density at radius 3 is 0.534 bits per heavy atom. The Morgan fingerprint density at radius 1 is 0.165 bits per heavy atom. The number of hydrogen-bond donors (Lipinski definition) is 2. The molecule has 17 rings (SSSR count). The third-order valence-corrected chi connectivity index (χ3v) is 25.3. The first kappa shape index (κ1) is 65.1. The zero-order valence-electron chi connectivity index (χ0n) is 55.4. The average molecular weight is 1440 g/mol. The smallest absolute Gasteiger partial charge is 0.423 e. The predicted octanol–water partition coefficient (Wildman–Crippen LogP) is 27.0. The molecule has 6 heterocycles. The van der Waals surface area contributed by atoms with E-state index in [1.54, 1.807) is 17.4 Å². The van der Waals surface area contributed by atoms with Crippen molar-refractivity contribution in [1.29, 1.82) is 0 Å². The van der Waals surface area contributed by atoms with Crippen molar-refractivity contribution in [3.63, 3.8) is 0 Å². The van der Waals surface area contributed by atoms with E-state index in [0.29, 0.717) is 4.78 Å². The van der Waals surface area contributed by atoms with Crippen LogP contribution in [0.1, 0.15) is 0 Å². The van der Waals surface area contributed by atoms with Gasteiger partial charge in [-0.05, 0) is 246 Å². The molecule has 6 aromatic heterocycles. The highest BCUT2D eigenvalue weighted by molar-refractivity contribution is 7.29. The Bertz CT molecular complexity index is 5040. The standard InChI is InChI=1S/C90H63BN4O2S6/c96-91(97)90-52-51-89(103-90)88-50-43-81(100-88)64-54-62(79-41-46-84(98-79)86-48-44-82(101-86)65-56-75(92(67-25-9-1-10-26-67)68-27-11-2-12-28-68)60-76(57-65)93(69-29-13-3-14-30-69)70-31-15-4-16-32-70)53-63(55-64)80-42-47-85(99-80)87-49-45-83(102-87)66-58-77(94(71-33-17-5-18-34-71)72-35-19-6-20-36-72)61-78(59-66)95(73-37-21-7-22-38-73)74-39-23-8-24-40-74/h1-61,96-97H. The first-order valence-corrected chi connectivity index (χ1v) is 38.8. The third-order valence-electron chi connectivity index (χ3n) is 17.9. The van der Waals surface area contributed by atoms with Gasteiger partial charge in [-0.3, -0.25) is 0 Å². The molecule has 0 aliphatic carbocycles. The molecule has 103 heavy (non-hydrogen) atoms. The Labute approximate surface area is 624 Å². The first-order chi connectivity index (χ1) is 50.8. The van der Waals surface area contributed by atoms with Crippen molar-refractivity contribution in [1.82, 2.24) is 0 Å². The summed E-state index contributed by atoms with van der Waals surface area (Å²) >= 11 is 10.4. The molecule has 6 nitrogen and oxygen atoms in total. The van der Waals surface area contributed by atoms with Crippen molar-refractivity contribution < 1.29 is 10.0 Å². The summed E-state index contributed by atoms with van der Waals surface area (Å²) in [5.74, 6) is 0. The lowest BCUT2D eigenvalue weighted by atomic mass is 9.90. The van der Waals surface area contributed by atoms with Gasteiger partial charge in [0.25, 0.3) is 0 Å². The quantitative estimate of drug-likeness (QED) is 0.0700. The summed E-state index contributed by atoms with van der Waals surface area (Å²) in [7, 11) is -1.51. The fraction of sp³-hybridized carbons (Fsp3) is 0. The zero-order valence-corrected chi connectivity index (χ0v) is 60.3. The molecule has 0 amide bonds. The zero-order chi connectivity index (χ0) is 69.0. The highest BCUT2D eigenvalue weighted by atomic mass is 32.1. The molecule has 0 radical (unpaired) electrons. The maximum Gasteiger partial charge on any atom is 0.499 e. The van der Waals surface area contributed by atoms with Crippen LogP contribution < -0.4 is 24.4 Å². The van der Waals surface area contributed by atoms with Crippen LogP contribution in [0.3, 0.4) is 0 Å². The number of nitrogens with zero attached hydrogens (tertiary/aromatic N) is 4. The second kappa shape index (κ2) is 29.4. The van der Waals surface area contributed by atoms with Gasteiger partial charge in [-0.15, -0.1) is 68.0 Å². The van der Waals surface area contributed by atoms with Crippen LogP contribution in [0.2, 0.25) is 0 Å². The van der Waals surface area contributed by atoms with Gasteiger partial charge in [0.05, 0.1) is 0 Å². The van der Waals surface area contributed by atoms with E-state index in [0.717, 1.165) is 111 Å². The van der Waals surface area contributed by atoms with Crippen LogP contribution in [0.5, 0.6) is 0 Å². The van der Waals surface area contributed by atoms with Gasteiger partial charge < -0.3 is 29.6 Å². The number of anilines is 12. The van der Waals surface area contributed by atoms with E-state index in [9.17, 15) is 10.0 Å². The Hall–Kier alpha value is -11.2. The fourth-order valence-electron chi connectivity index (χ4n) is 13.2. The molecule has 17 aromatic rings. The summed E-state index contributed by atoms with van der Waals surface area (Å²) in [4.78, 5) is 22.1. The molecule has 494 valence electrons. The van der Waals surface area contributed by atoms with Crippen molar-refractivity contribution >= 4 is 148 Å². The van der Waals surface area contributed by atoms with Crippen LogP contribution in [0, 0.1) is 0 Å². The van der Waals surface area contributed by atoms with Crippen LogP contribution in [0.15, 0.2) is 370 Å². The van der Waals surface area contributed by atoms with Crippen LogP contribution in [-0.2, 0) is 0 Å². The minimum absolute atomic E-state index is 0.523. The number of rotatable bonds is 21. The second-order valence-electron chi connectivity index (χ2n) is 24.7. The summed E-state index contributed by atoms with van der Waals surface area (Å²) in [5, 5.41) is 20.1. The number of benzene rings is 11. The van der Waals surface area contributed by atoms with Gasteiger partial charge >= 0.3 is 7.12 Å². The highest BCUT2D eigenvalue weighted by Crippen LogP contribution is 2.51. The normalized spacial score (nSPS) is 11.2. The monoisotopic (exact) mass is 1430 g/mol. The lowest BCUT2D eigenvalue weighted by Gasteiger charge is -2.30. The topological polar surface area (TPSA) is 53.4 Å². The molecule has 13 heteroatoms. The van der Waals surface area contributed by atoms with Crippen LogP contribution in [-0.4, -0.2) is 17.2 Å². The molecular weight excluding hydrogens is 1370 g/mol. The SMILES string of the molecule is OB(O)c1ccc(-c2ccc(-c3cc(-c4ccc(-c5ccc(-c6cc(N(c7ccccc7)c7ccccc7)cc(N(c7ccccc7)c7ccccc7)c6)s5)s4)cc(-c4ccc(-c5ccc(-c6cc(N(c7ccccc7)c7ccccc7)cc(N(c7ccccc7)c7ccccc7)c6)s5)s4)c3)s2)s1. The second-order valence-corrected chi connectivity index (χ2v) is 31.2. The van der Waals surface area contributed by atoms with Gasteiger partial charge in [0.1, 0.15) is 0 Å². The number of para-hydroxylation sites is 8. The van der Waals surface area contributed by atoms with Crippen molar-refractivity contribution in [2.24, 2.45) is 0 Å². The summed E-state index contributed by atoms with van der Waals surface area (Å²) in [5.41, 5.74) is 18.4. The molecular formula is C90H63BN4O2S6. The van der Waals surface area contributed by atoms with Crippen LogP contribution in [0.4, 0.5) is 68.2 Å². The van der Waals surface area contributed by atoms with Crippen LogP contribution >= 0.6 is 68.0 Å². The average Bonchev–Trinajstić information content (AvgIpc) is 1.77. The van der Waals surface area contributed by atoms with E-state index in [1.165, 1.54) is 50.4 Å². The summed E-state index contributed by atoms with van der Waals surface area (Å²) in [6, 6.07) is 133. The fourth-order valence-corrected chi connectivity index (χ4v) is 19.3. The maximum atomic E-state index is 10.1. The van der Waals surface area contributed by atoms with Gasteiger partial charge in [0, 0.05) is 127 Å². The largest absolute Gasteiger partial charge is 0.499 e. The van der Waals surface area contributed by atoms with Gasteiger partial charge in [-0.25, -0.2) is 0 Å². The van der Waals surface area contributed by atoms with E-state index >= 15 is 0 Å². The van der Waals surface area contributed by atoms with Gasteiger partial charge in [-0.2, -0.15) is 0 Å².